The van der Waals surface area contributed by atoms with E-state index >= 15 is 0 Å². The molecule has 3 rings (SSSR count). The molecule has 1 heterocycles. The second-order valence-electron chi connectivity index (χ2n) is 6.92. The van der Waals surface area contributed by atoms with Gasteiger partial charge in [-0.25, -0.2) is 4.79 Å². The highest BCUT2D eigenvalue weighted by Gasteiger charge is 2.39. The van der Waals surface area contributed by atoms with Crippen molar-refractivity contribution in [1.29, 1.82) is 0 Å². The van der Waals surface area contributed by atoms with Crippen LogP contribution in [0, 0.1) is 0 Å². The van der Waals surface area contributed by atoms with Crippen LogP contribution in [0.4, 0.5) is 0 Å². The van der Waals surface area contributed by atoms with Crippen molar-refractivity contribution >= 4 is 35.0 Å². The Morgan fingerprint density at radius 2 is 2.07 bits per heavy atom. The highest BCUT2D eigenvalue weighted by Crippen LogP contribution is 2.44. The van der Waals surface area contributed by atoms with Gasteiger partial charge < -0.3 is 10.1 Å². The summed E-state index contributed by atoms with van der Waals surface area (Å²) in [5, 5.41) is 4.21. The molecule has 1 aromatic carbocycles. The zero-order valence-electron chi connectivity index (χ0n) is 15.5. The number of benzene rings is 1. The molecule has 27 heavy (non-hydrogen) atoms. The predicted octanol–water partition coefficient (Wildman–Crippen LogP) is 5.30. The van der Waals surface area contributed by atoms with E-state index in [0.29, 0.717) is 45.5 Å². The molecule has 0 fully saturated rings. The smallest absolute Gasteiger partial charge is 0.336 e. The summed E-state index contributed by atoms with van der Waals surface area (Å²) in [5.74, 6) is -0.895. The van der Waals surface area contributed by atoms with Gasteiger partial charge in [-0.3, -0.25) is 4.79 Å². The second kappa shape index (κ2) is 8.49. The fraction of sp³-hybridized carbons (Fsp3) is 0.429. The van der Waals surface area contributed by atoms with Crippen LogP contribution in [-0.4, -0.2) is 18.4 Å². The quantitative estimate of drug-likeness (QED) is 0.530. The monoisotopic (exact) mass is 407 g/mol. The maximum Gasteiger partial charge on any atom is 0.336 e. The largest absolute Gasteiger partial charge is 0.462 e. The van der Waals surface area contributed by atoms with Crippen LogP contribution in [0.3, 0.4) is 0 Å². The van der Waals surface area contributed by atoms with Crippen molar-refractivity contribution in [3.05, 3.63) is 56.3 Å². The molecule has 6 heteroatoms. The van der Waals surface area contributed by atoms with Crippen molar-refractivity contribution in [2.24, 2.45) is 0 Å². The van der Waals surface area contributed by atoms with Gasteiger partial charge in [0.1, 0.15) is 0 Å². The minimum Gasteiger partial charge on any atom is -0.462 e. The summed E-state index contributed by atoms with van der Waals surface area (Å²) >= 11 is 12.5. The zero-order valence-corrected chi connectivity index (χ0v) is 17.0. The van der Waals surface area contributed by atoms with Crippen LogP contribution in [0.5, 0.6) is 0 Å². The molecule has 1 aliphatic heterocycles. The number of ether oxygens (including phenoxy) is 1. The van der Waals surface area contributed by atoms with Crippen LogP contribution < -0.4 is 5.32 Å². The van der Waals surface area contributed by atoms with Crippen molar-refractivity contribution in [1.82, 2.24) is 5.32 Å². The molecule has 1 aliphatic carbocycles. The summed E-state index contributed by atoms with van der Waals surface area (Å²) in [6, 6.07) is 5.16. The lowest BCUT2D eigenvalue weighted by Gasteiger charge is -2.34. The number of hydrogen-bond donors (Lipinski definition) is 1. The van der Waals surface area contributed by atoms with Gasteiger partial charge in [0.05, 0.1) is 12.2 Å². The highest BCUT2D eigenvalue weighted by atomic mass is 35.5. The predicted molar refractivity (Wildman–Crippen MR) is 107 cm³/mol. The van der Waals surface area contributed by atoms with Crippen LogP contribution in [0.15, 0.2) is 40.7 Å². The molecule has 1 N–H and O–H groups in total. The van der Waals surface area contributed by atoms with Crippen molar-refractivity contribution in [2.75, 3.05) is 6.61 Å². The molecule has 0 radical (unpaired) electrons. The topological polar surface area (TPSA) is 55.4 Å². The molecule has 0 amide bonds. The zero-order chi connectivity index (χ0) is 19.6. The fourth-order valence-electron chi connectivity index (χ4n) is 3.69. The number of nitrogens with one attached hydrogen (secondary N) is 1. The Morgan fingerprint density at radius 3 is 2.78 bits per heavy atom. The van der Waals surface area contributed by atoms with Gasteiger partial charge >= 0.3 is 5.97 Å². The van der Waals surface area contributed by atoms with Gasteiger partial charge in [-0.15, -0.1) is 0 Å². The first-order valence-electron chi connectivity index (χ1n) is 9.30. The van der Waals surface area contributed by atoms with Crippen molar-refractivity contribution in [3.63, 3.8) is 0 Å². The Bertz CT molecular complexity index is 842. The molecule has 0 spiro atoms. The van der Waals surface area contributed by atoms with E-state index in [1.165, 1.54) is 0 Å². The third-order valence-corrected chi connectivity index (χ3v) is 5.56. The van der Waals surface area contributed by atoms with Crippen molar-refractivity contribution in [3.8, 4) is 0 Å². The molecule has 0 unspecified atom stereocenters. The van der Waals surface area contributed by atoms with Gasteiger partial charge in [0, 0.05) is 39.4 Å². The van der Waals surface area contributed by atoms with Crippen LogP contribution in [0.1, 0.15) is 57.4 Å². The average molecular weight is 408 g/mol. The molecule has 2 aliphatic rings. The van der Waals surface area contributed by atoms with E-state index in [-0.39, 0.29) is 5.78 Å². The van der Waals surface area contributed by atoms with E-state index < -0.39 is 11.9 Å². The van der Waals surface area contributed by atoms with E-state index in [1.54, 1.807) is 18.2 Å². The second-order valence-corrected chi connectivity index (χ2v) is 7.76. The Labute approximate surface area is 169 Å². The number of hydrogen-bond acceptors (Lipinski definition) is 4. The summed E-state index contributed by atoms with van der Waals surface area (Å²) in [6.07, 6.45) is 3.78. The Balaban J connectivity index is 2.09. The van der Waals surface area contributed by atoms with E-state index in [1.807, 2.05) is 13.8 Å². The number of esters is 1. The maximum absolute atomic E-state index is 12.9. The molecule has 4 nitrogen and oxygen atoms in total. The van der Waals surface area contributed by atoms with Gasteiger partial charge in [-0.05, 0) is 43.9 Å². The number of halogens is 2. The molecular weight excluding hydrogens is 385 g/mol. The molecule has 0 saturated carbocycles. The van der Waals surface area contributed by atoms with Crippen molar-refractivity contribution < 1.29 is 14.3 Å². The third kappa shape index (κ3) is 4.07. The number of carbonyl (C=O) groups excluding carboxylic acids is 2. The fourth-order valence-corrected chi connectivity index (χ4v) is 4.21. The first kappa shape index (κ1) is 20.0. The molecule has 0 saturated heterocycles. The number of ketones is 1. The molecule has 0 aromatic heterocycles. The summed E-state index contributed by atoms with van der Waals surface area (Å²) in [4.78, 5) is 25.7. The van der Waals surface area contributed by atoms with Gasteiger partial charge in [0.25, 0.3) is 0 Å². The number of dihydropyridines is 1. The Kier molecular flexibility index (Phi) is 6.28. The van der Waals surface area contributed by atoms with E-state index in [9.17, 15) is 9.59 Å². The van der Waals surface area contributed by atoms with Gasteiger partial charge in [-0.1, -0.05) is 42.6 Å². The molecule has 0 bridgehead atoms. The molecule has 1 atom stereocenters. The van der Waals surface area contributed by atoms with Gasteiger partial charge in [0.2, 0.25) is 0 Å². The summed E-state index contributed by atoms with van der Waals surface area (Å²) < 4.78 is 5.48. The lowest BCUT2D eigenvalue weighted by Crippen LogP contribution is -2.34. The van der Waals surface area contributed by atoms with Gasteiger partial charge in [0.15, 0.2) is 5.78 Å². The first-order valence-corrected chi connectivity index (χ1v) is 10.1. The van der Waals surface area contributed by atoms with Gasteiger partial charge in [-0.2, -0.15) is 0 Å². The Hall–Kier alpha value is -1.78. The van der Waals surface area contributed by atoms with Crippen LogP contribution in [0.2, 0.25) is 10.0 Å². The van der Waals surface area contributed by atoms with E-state index in [2.05, 4.69) is 5.32 Å². The minimum atomic E-state index is -0.534. The van der Waals surface area contributed by atoms with Crippen molar-refractivity contribution in [2.45, 2.75) is 51.9 Å². The number of unbranched alkanes of at least 4 members (excludes halogenated alkanes) is 1. The highest BCUT2D eigenvalue weighted by molar-refractivity contribution is 6.35. The first-order chi connectivity index (χ1) is 12.9. The SMILES string of the molecule is CCCCOC(=O)C1=C(C)NC2=C(C(=O)CCC2)[C@@H]1c1ccc(Cl)cc1Cl. The summed E-state index contributed by atoms with van der Waals surface area (Å²) in [6.45, 7) is 4.23. The lowest BCUT2D eigenvalue weighted by atomic mass is 9.75. The normalized spacial score (nSPS) is 19.7. The minimum absolute atomic E-state index is 0.0473. The molecular formula is C21H23Cl2NO3. The van der Waals surface area contributed by atoms with E-state index in [4.69, 9.17) is 27.9 Å². The number of allylic oxidation sites excluding steroid dienone is 3. The van der Waals surface area contributed by atoms with E-state index in [0.717, 1.165) is 31.4 Å². The lowest BCUT2D eigenvalue weighted by molar-refractivity contribution is -0.139. The summed E-state index contributed by atoms with van der Waals surface area (Å²) in [7, 11) is 0. The number of rotatable bonds is 5. The maximum atomic E-state index is 12.9. The Morgan fingerprint density at radius 1 is 1.30 bits per heavy atom. The number of Topliss-reactive ketones (excluding diaryl/α,β-unsaturated/α-hetero) is 1. The van der Waals surface area contributed by atoms with Crippen LogP contribution in [-0.2, 0) is 14.3 Å². The molecule has 1 aromatic rings. The third-order valence-electron chi connectivity index (χ3n) is 5.00. The standard InChI is InChI=1S/C21H23Cl2NO3/c1-3-4-10-27-21(26)18-12(2)24-16-6-5-7-17(25)20(16)19(18)14-9-8-13(22)11-15(14)23/h8-9,11,19,24H,3-7,10H2,1-2H3/t19-/m1/s1. The summed E-state index contributed by atoms with van der Waals surface area (Å²) in [5.41, 5.74) is 3.36. The molecule has 144 valence electrons. The van der Waals surface area contributed by atoms with Crippen LogP contribution >= 0.6 is 23.2 Å². The average Bonchev–Trinajstić information content (AvgIpc) is 2.61. The van der Waals surface area contributed by atoms with Crippen LogP contribution in [0.25, 0.3) is 0 Å². The number of carbonyl (C=O) groups is 2.